The molecule has 1 aliphatic carbocycles. The molecule has 9 heteroatoms. The van der Waals surface area contributed by atoms with Gasteiger partial charge in [-0.05, 0) is 68.4 Å². The predicted octanol–water partition coefficient (Wildman–Crippen LogP) is 3.92. The molecule has 4 rings (SSSR count). The van der Waals surface area contributed by atoms with Crippen LogP contribution in [0.5, 0.6) is 0 Å². The van der Waals surface area contributed by atoms with E-state index in [0.29, 0.717) is 11.4 Å². The van der Waals surface area contributed by atoms with Crippen molar-refractivity contribution in [1.29, 1.82) is 0 Å². The fraction of sp³-hybridized carbons (Fsp3) is 0.462. The number of benzene rings is 2. The molecule has 188 valence electrons. The SMILES string of the molecule is CCOC(=O)CCC(=O)Nc1ccc(N2CCCC2)c(S(=O)(=O)N[C@@H]2CCCc3ccccc32)c1. The van der Waals surface area contributed by atoms with Crippen molar-refractivity contribution < 1.29 is 22.7 Å². The van der Waals surface area contributed by atoms with E-state index >= 15 is 0 Å². The number of fused-ring (bicyclic) bond motifs is 1. The minimum atomic E-state index is -3.88. The van der Waals surface area contributed by atoms with Crippen LogP contribution < -0.4 is 14.9 Å². The smallest absolute Gasteiger partial charge is 0.306 e. The second-order valence-electron chi connectivity index (χ2n) is 8.99. The number of nitrogens with one attached hydrogen (secondary N) is 2. The van der Waals surface area contributed by atoms with Crippen LogP contribution in [0.3, 0.4) is 0 Å². The number of ether oxygens (including phenoxy) is 1. The van der Waals surface area contributed by atoms with E-state index in [1.807, 2.05) is 18.2 Å². The highest BCUT2D eigenvalue weighted by molar-refractivity contribution is 7.89. The van der Waals surface area contributed by atoms with Gasteiger partial charge in [-0.2, -0.15) is 0 Å². The summed E-state index contributed by atoms with van der Waals surface area (Å²) >= 11 is 0. The molecule has 0 unspecified atom stereocenters. The fourth-order valence-corrected chi connectivity index (χ4v) is 6.33. The third-order valence-corrected chi connectivity index (χ3v) is 8.01. The first-order valence-electron chi connectivity index (χ1n) is 12.3. The number of nitrogens with zero attached hydrogens (tertiary/aromatic N) is 1. The summed E-state index contributed by atoms with van der Waals surface area (Å²) < 4.78 is 35.2. The van der Waals surface area contributed by atoms with Gasteiger partial charge in [-0.3, -0.25) is 9.59 Å². The lowest BCUT2D eigenvalue weighted by Gasteiger charge is -2.28. The molecule has 0 saturated carbocycles. The molecule has 1 heterocycles. The molecule has 2 N–H and O–H groups in total. The van der Waals surface area contributed by atoms with Crippen molar-refractivity contribution >= 4 is 33.3 Å². The van der Waals surface area contributed by atoms with Gasteiger partial charge < -0.3 is 15.0 Å². The molecule has 35 heavy (non-hydrogen) atoms. The largest absolute Gasteiger partial charge is 0.466 e. The van der Waals surface area contributed by atoms with Gasteiger partial charge in [0, 0.05) is 31.2 Å². The molecule has 1 saturated heterocycles. The molecule has 1 aliphatic heterocycles. The lowest BCUT2D eigenvalue weighted by Crippen LogP contribution is -2.32. The lowest BCUT2D eigenvalue weighted by atomic mass is 9.88. The van der Waals surface area contributed by atoms with Gasteiger partial charge in [-0.25, -0.2) is 13.1 Å². The molecule has 0 aromatic heterocycles. The average molecular weight is 500 g/mol. The first-order valence-corrected chi connectivity index (χ1v) is 13.8. The van der Waals surface area contributed by atoms with Crippen molar-refractivity contribution in [2.45, 2.75) is 62.8 Å². The first kappa shape index (κ1) is 25.2. The number of sulfonamides is 1. The van der Waals surface area contributed by atoms with Gasteiger partial charge in [0.15, 0.2) is 0 Å². The summed E-state index contributed by atoms with van der Waals surface area (Å²) in [7, 11) is -3.88. The molecule has 0 spiro atoms. The third kappa shape index (κ3) is 6.21. The Morgan fingerprint density at radius 3 is 2.60 bits per heavy atom. The zero-order valence-corrected chi connectivity index (χ0v) is 20.9. The second-order valence-corrected chi connectivity index (χ2v) is 10.7. The number of rotatable bonds is 9. The van der Waals surface area contributed by atoms with Gasteiger partial charge in [0.1, 0.15) is 4.90 Å². The lowest BCUT2D eigenvalue weighted by molar-refractivity contribution is -0.144. The number of amides is 1. The van der Waals surface area contributed by atoms with Crippen LogP contribution in [0.25, 0.3) is 0 Å². The molecule has 0 radical (unpaired) electrons. The van der Waals surface area contributed by atoms with E-state index in [-0.39, 0.29) is 36.3 Å². The maximum absolute atomic E-state index is 13.7. The Bertz CT molecular complexity index is 1180. The second kappa shape index (κ2) is 11.2. The van der Waals surface area contributed by atoms with Gasteiger partial charge in [0.2, 0.25) is 15.9 Å². The highest BCUT2D eigenvalue weighted by Gasteiger charge is 2.29. The summed E-state index contributed by atoms with van der Waals surface area (Å²) in [6, 6.07) is 12.7. The van der Waals surface area contributed by atoms with Gasteiger partial charge >= 0.3 is 5.97 Å². The zero-order valence-electron chi connectivity index (χ0n) is 20.1. The molecule has 2 aliphatic rings. The average Bonchev–Trinajstić information content (AvgIpc) is 3.38. The number of hydrogen-bond acceptors (Lipinski definition) is 6. The summed E-state index contributed by atoms with van der Waals surface area (Å²) in [6.07, 6.45) is 4.55. The van der Waals surface area contributed by atoms with Crippen molar-refractivity contribution in [3.8, 4) is 0 Å². The van der Waals surface area contributed by atoms with E-state index in [1.54, 1.807) is 19.1 Å². The topological polar surface area (TPSA) is 105 Å². The minimum Gasteiger partial charge on any atom is -0.466 e. The Balaban J connectivity index is 1.58. The summed E-state index contributed by atoms with van der Waals surface area (Å²) in [5.74, 6) is -0.809. The molecule has 2 aromatic carbocycles. The van der Waals surface area contributed by atoms with Crippen LogP contribution in [0.15, 0.2) is 47.4 Å². The summed E-state index contributed by atoms with van der Waals surface area (Å²) in [4.78, 5) is 26.2. The number of esters is 1. The van der Waals surface area contributed by atoms with E-state index in [1.165, 1.54) is 11.6 Å². The Morgan fingerprint density at radius 2 is 1.83 bits per heavy atom. The number of carbonyl (C=O) groups is 2. The number of aryl methyl sites for hydroxylation is 1. The third-order valence-electron chi connectivity index (χ3n) is 6.51. The molecule has 2 aromatic rings. The molecule has 1 fully saturated rings. The highest BCUT2D eigenvalue weighted by atomic mass is 32.2. The molecule has 0 bridgehead atoms. The monoisotopic (exact) mass is 499 g/mol. The van der Waals surface area contributed by atoms with Crippen molar-refractivity contribution in [2.24, 2.45) is 0 Å². The van der Waals surface area contributed by atoms with E-state index in [9.17, 15) is 18.0 Å². The Morgan fingerprint density at radius 1 is 1.06 bits per heavy atom. The standard InChI is InChI=1S/C26H33N3O5S/c1-2-34-26(31)15-14-25(30)27-20-12-13-23(29-16-5-6-17-29)24(18-20)35(32,33)28-22-11-7-9-19-8-3-4-10-21(19)22/h3-4,8,10,12-13,18,22,28H,2,5-7,9,11,14-17H2,1H3,(H,27,30)/t22-/m1/s1. The first-order chi connectivity index (χ1) is 16.9. The van der Waals surface area contributed by atoms with E-state index in [0.717, 1.165) is 50.8 Å². The van der Waals surface area contributed by atoms with E-state index in [2.05, 4.69) is 21.0 Å². The van der Waals surface area contributed by atoms with Crippen molar-refractivity contribution in [1.82, 2.24) is 4.72 Å². The fourth-order valence-electron chi connectivity index (χ4n) is 4.83. The van der Waals surface area contributed by atoms with Crippen LogP contribution in [0.4, 0.5) is 11.4 Å². The van der Waals surface area contributed by atoms with Gasteiger partial charge in [-0.15, -0.1) is 0 Å². The maximum atomic E-state index is 13.7. The minimum absolute atomic E-state index is 0.0284. The van der Waals surface area contributed by atoms with Gasteiger partial charge in [-0.1, -0.05) is 24.3 Å². The van der Waals surface area contributed by atoms with Crippen LogP contribution in [-0.4, -0.2) is 40.0 Å². The summed E-state index contributed by atoms with van der Waals surface area (Å²) in [6.45, 7) is 3.56. The number of hydrogen-bond donors (Lipinski definition) is 2. The normalized spacial score (nSPS) is 17.6. The van der Waals surface area contributed by atoms with Gasteiger partial charge in [0.05, 0.1) is 18.7 Å². The Kier molecular flexibility index (Phi) is 8.07. The zero-order chi connectivity index (χ0) is 24.8. The van der Waals surface area contributed by atoms with Gasteiger partial charge in [0.25, 0.3) is 0 Å². The van der Waals surface area contributed by atoms with E-state index in [4.69, 9.17) is 4.74 Å². The maximum Gasteiger partial charge on any atom is 0.306 e. The Labute approximate surface area is 207 Å². The Hall–Kier alpha value is -2.91. The van der Waals surface area contributed by atoms with Crippen LogP contribution >= 0.6 is 0 Å². The summed E-state index contributed by atoms with van der Waals surface area (Å²) in [5.41, 5.74) is 3.22. The van der Waals surface area contributed by atoms with Crippen LogP contribution in [0, 0.1) is 0 Å². The van der Waals surface area contributed by atoms with Crippen LogP contribution in [-0.2, 0) is 30.8 Å². The molecule has 1 atom stereocenters. The van der Waals surface area contributed by atoms with Crippen molar-refractivity contribution in [2.75, 3.05) is 29.9 Å². The van der Waals surface area contributed by atoms with Crippen molar-refractivity contribution in [3.05, 3.63) is 53.6 Å². The van der Waals surface area contributed by atoms with Crippen molar-refractivity contribution in [3.63, 3.8) is 0 Å². The summed E-state index contributed by atoms with van der Waals surface area (Å²) in [5, 5.41) is 2.73. The molecule has 1 amide bonds. The number of anilines is 2. The quantitative estimate of drug-likeness (QED) is 0.507. The van der Waals surface area contributed by atoms with Crippen LogP contribution in [0.2, 0.25) is 0 Å². The molecular formula is C26H33N3O5S. The molecule has 8 nitrogen and oxygen atoms in total. The highest BCUT2D eigenvalue weighted by Crippen LogP contribution is 2.35. The molecular weight excluding hydrogens is 466 g/mol. The van der Waals surface area contributed by atoms with E-state index < -0.39 is 16.0 Å². The number of carbonyl (C=O) groups excluding carboxylic acids is 2. The predicted molar refractivity (Wildman–Crippen MR) is 135 cm³/mol. The van der Waals surface area contributed by atoms with Crippen LogP contribution in [0.1, 0.15) is 62.6 Å².